The fourth-order valence-electron chi connectivity index (χ4n) is 2.13. The molecule has 118 valence electrons. The second-order valence-corrected chi connectivity index (χ2v) is 6.69. The van der Waals surface area contributed by atoms with E-state index in [0.29, 0.717) is 5.75 Å². The Kier molecular flexibility index (Phi) is 6.34. The number of aryl methyl sites for hydroxylation is 1. The lowest BCUT2D eigenvalue weighted by molar-refractivity contribution is -0.119. The standard InChI is InChI=1S/C16H20ClN3OS/c1-11(7-14-8-12(2)19-20-14)18-16(21)10-22-9-13-5-3-4-6-15(13)17/h3-6,8,11H,7,9-10H2,1-2H3,(H,18,21)(H,19,20)/t11-/m1/s1. The number of H-pyrrole nitrogens is 1. The first kappa shape index (κ1) is 16.9. The number of carbonyl (C=O) groups is 1. The van der Waals surface area contributed by atoms with Crippen molar-refractivity contribution in [3.63, 3.8) is 0 Å². The number of nitrogens with one attached hydrogen (secondary N) is 2. The molecular formula is C16H20ClN3OS. The molecule has 0 radical (unpaired) electrons. The maximum Gasteiger partial charge on any atom is 0.230 e. The van der Waals surface area contributed by atoms with Gasteiger partial charge in [0.15, 0.2) is 0 Å². The number of hydrogen-bond donors (Lipinski definition) is 2. The highest BCUT2D eigenvalue weighted by Gasteiger charge is 2.10. The summed E-state index contributed by atoms with van der Waals surface area (Å²) < 4.78 is 0. The molecule has 4 nitrogen and oxygen atoms in total. The van der Waals surface area contributed by atoms with Gasteiger partial charge in [-0.25, -0.2) is 0 Å². The minimum absolute atomic E-state index is 0.0387. The molecule has 0 spiro atoms. The van der Waals surface area contributed by atoms with E-state index >= 15 is 0 Å². The third kappa shape index (κ3) is 5.39. The Hall–Kier alpha value is -1.46. The first-order valence-corrected chi connectivity index (χ1v) is 8.69. The maximum atomic E-state index is 11.9. The van der Waals surface area contributed by atoms with Crippen LogP contribution in [0.3, 0.4) is 0 Å². The first-order valence-electron chi connectivity index (χ1n) is 7.16. The van der Waals surface area contributed by atoms with Crippen LogP contribution in [0, 0.1) is 6.92 Å². The molecule has 6 heteroatoms. The number of nitrogens with zero attached hydrogens (tertiary/aromatic N) is 1. The molecule has 0 saturated heterocycles. The van der Waals surface area contributed by atoms with Crippen molar-refractivity contribution in [2.45, 2.75) is 32.1 Å². The SMILES string of the molecule is Cc1cc(C[C@@H](C)NC(=O)CSCc2ccccc2Cl)n[nH]1. The molecule has 2 aromatic rings. The lowest BCUT2D eigenvalue weighted by atomic mass is 10.2. The predicted octanol–water partition coefficient (Wildman–Crippen LogP) is 3.35. The highest BCUT2D eigenvalue weighted by atomic mass is 35.5. The van der Waals surface area contributed by atoms with E-state index in [0.717, 1.165) is 34.1 Å². The van der Waals surface area contributed by atoms with Crippen molar-refractivity contribution in [3.8, 4) is 0 Å². The second kappa shape index (κ2) is 8.25. The summed E-state index contributed by atoms with van der Waals surface area (Å²) in [7, 11) is 0. The summed E-state index contributed by atoms with van der Waals surface area (Å²) in [5, 5.41) is 10.8. The van der Waals surface area contributed by atoms with Crippen LogP contribution in [0.5, 0.6) is 0 Å². The minimum Gasteiger partial charge on any atom is -0.353 e. The zero-order valence-corrected chi connectivity index (χ0v) is 14.3. The number of aromatic amines is 1. The average molecular weight is 338 g/mol. The monoisotopic (exact) mass is 337 g/mol. The van der Waals surface area contributed by atoms with Crippen LogP contribution in [-0.2, 0) is 17.0 Å². The van der Waals surface area contributed by atoms with Crippen LogP contribution in [0.25, 0.3) is 0 Å². The zero-order valence-electron chi connectivity index (χ0n) is 12.7. The van der Waals surface area contributed by atoms with Crippen LogP contribution in [0.4, 0.5) is 0 Å². The number of aromatic nitrogens is 2. The van der Waals surface area contributed by atoms with Crippen molar-refractivity contribution in [2.75, 3.05) is 5.75 Å². The van der Waals surface area contributed by atoms with Crippen molar-refractivity contribution in [1.29, 1.82) is 0 Å². The molecule has 1 atom stereocenters. The van der Waals surface area contributed by atoms with Gasteiger partial charge in [-0.2, -0.15) is 5.10 Å². The molecule has 1 aromatic carbocycles. The maximum absolute atomic E-state index is 11.9. The van der Waals surface area contributed by atoms with Gasteiger partial charge < -0.3 is 5.32 Å². The highest BCUT2D eigenvalue weighted by Crippen LogP contribution is 2.20. The Morgan fingerprint density at radius 2 is 2.23 bits per heavy atom. The van der Waals surface area contributed by atoms with Crippen molar-refractivity contribution < 1.29 is 4.79 Å². The lowest BCUT2D eigenvalue weighted by Gasteiger charge is -2.12. The van der Waals surface area contributed by atoms with E-state index < -0.39 is 0 Å². The molecule has 1 amide bonds. The van der Waals surface area contributed by atoms with Crippen LogP contribution in [0.2, 0.25) is 5.02 Å². The van der Waals surface area contributed by atoms with Crippen molar-refractivity contribution in [1.82, 2.24) is 15.5 Å². The van der Waals surface area contributed by atoms with E-state index in [9.17, 15) is 4.79 Å². The topological polar surface area (TPSA) is 57.8 Å². The zero-order chi connectivity index (χ0) is 15.9. The number of thioether (sulfide) groups is 1. The van der Waals surface area contributed by atoms with E-state index in [1.807, 2.05) is 44.2 Å². The van der Waals surface area contributed by atoms with E-state index in [1.165, 1.54) is 0 Å². The number of carbonyl (C=O) groups excluding carboxylic acids is 1. The van der Waals surface area contributed by atoms with Gasteiger partial charge in [-0.3, -0.25) is 9.89 Å². The Labute approximate surface area is 140 Å². The number of hydrogen-bond acceptors (Lipinski definition) is 3. The van der Waals surface area contributed by atoms with Crippen molar-refractivity contribution in [2.24, 2.45) is 0 Å². The van der Waals surface area contributed by atoms with Crippen molar-refractivity contribution in [3.05, 3.63) is 52.3 Å². The molecule has 0 fully saturated rings. The Morgan fingerprint density at radius 1 is 1.45 bits per heavy atom. The van der Waals surface area contributed by atoms with Crippen LogP contribution in [0.1, 0.15) is 23.9 Å². The molecule has 0 bridgehead atoms. The summed E-state index contributed by atoms with van der Waals surface area (Å²) in [6, 6.07) is 9.77. The predicted molar refractivity (Wildman–Crippen MR) is 92.2 cm³/mol. The third-order valence-electron chi connectivity index (χ3n) is 3.13. The van der Waals surface area contributed by atoms with Gasteiger partial charge in [0.25, 0.3) is 0 Å². The van der Waals surface area contributed by atoms with Gasteiger partial charge in [0.2, 0.25) is 5.91 Å². The number of amides is 1. The van der Waals surface area contributed by atoms with Crippen LogP contribution < -0.4 is 5.32 Å². The largest absolute Gasteiger partial charge is 0.353 e. The quantitative estimate of drug-likeness (QED) is 0.814. The molecule has 2 N–H and O–H groups in total. The molecule has 22 heavy (non-hydrogen) atoms. The normalized spacial score (nSPS) is 12.1. The Morgan fingerprint density at radius 3 is 2.91 bits per heavy atom. The number of benzene rings is 1. The first-order chi connectivity index (χ1) is 10.5. The fraction of sp³-hybridized carbons (Fsp3) is 0.375. The van der Waals surface area contributed by atoms with Gasteiger partial charge in [0.1, 0.15) is 0 Å². The lowest BCUT2D eigenvalue weighted by Crippen LogP contribution is -2.35. The van der Waals surface area contributed by atoms with Gasteiger partial charge in [-0.15, -0.1) is 11.8 Å². The molecule has 1 aromatic heterocycles. The summed E-state index contributed by atoms with van der Waals surface area (Å²) in [4.78, 5) is 11.9. The molecule has 0 aliphatic heterocycles. The average Bonchev–Trinajstić information content (AvgIpc) is 2.86. The van der Waals surface area contributed by atoms with E-state index in [1.54, 1.807) is 11.8 Å². The summed E-state index contributed by atoms with van der Waals surface area (Å²) in [6.45, 7) is 3.95. The smallest absolute Gasteiger partial charge is 0.230 e. The Balaban J connectivity index is 1.70. The molecule has 2 rings (SSSR count). The molecular weight excluding hydrogens is 318 g/mol. The number of halogens is 1. The molecule has 0 saturated carbocycles. The minimum atomic E-state index is 0.0387. The molecule has 0 unspecified atom stereocenters. The number of rotatable bonds is 7. The van der Waals surface area contributed by atoms with Crippen molar-refractivity contribution >= 4 is 29.3 Å². The van der Waals surface area contributed by atoms with Gasteiger partial charge in [-0.1, -0.05) is 29.8 Å². The second-order valence-electron chi connectivity index (χ2n) is 5.30. The van der Waals surface area contributed by atoms with Gasteiger partial charge >= 0.3 is 0 Å². The van der Waals surface area contributed by atoms with Gasteiger partial charge in [-0.05, 0) is 31.5 Å². The summed E-state index contributed by atoms with van der Waals surface area (Å²) in [5.74, 6) is 1.20. The molecule has 0 aliphatic rings. The summed E-state index contributed by atoms with van der Waals surface area (Å²) >= 11 is 7.66. The van der Waals surface area contributed by atoms with E-state index in [4.69, 9.17) is 11.6 Å². The molecule has 1 heterocycles. The summed E-state index contributed by atoms with van der Waals surface area (Å²) in [5.41, 5.74) is 3.06. The summed E-state index contributed by atoms with van der Waals surface area (Å²) in [6.07, 6.45) is 0.727. The molecule has 0 aliphatic carbocycles. The van der Waals surface area contributed by atoms with Gasteiger partial charge in [0.05, 0.1) is 11.4 Å². The van der Waals surface area contributed by atoms with Crippen LogP contribution >= 0.6 is 23.4 Å². The Bertz CT molecular complexity index is 629. The third-order valence-corrected chi connectivity index (χ3v) is 4.48. The van der Waals surface area contributed by atoms with Crippen LogP contribution in [0.15, 0.2) is 30.3 Å². The van der Waals surface area contributed by atoms with E-state index in [-0.39, 0.29) is 11.9 Å². The van der Waals surface area contributed by atoms with Crippen LogP contribution in [-0.4, -0.2) is 27.9 Å². The van der Waals surface area contributed by atoms with E-state index in [2.05, 4.69) is 15.5 Å². The van der Waals surface area contributed by atoms with Gasteiger partial charge in [0, 0.05) is 28.9 Å². The fourth-order valence-corrected chi connectivity index (χ4v) is 3.25. The highest BCUT2D eigenvalue weighted by molar-refractivity contribution is 7.99.